The van der Waals surface area contributed by atoms with Crippen LogP contribution in [0.1, 0.15) is 13.8 Å². The molecule has 0 fully saturated rings. The fraction of sp³-hybridized carbons (Fsp3) is 0.750. The van der Waals surface area contributed by atoms with Crippen LogP contribution in [0.15, 0.2) is 13.2 Å². The van der Waals surface area contributed by atoms with E-state index in [4.69, 9.17) is 0 Å². The maximum absolute atomic E-state index is 3.00. The van der Waals surface area contributed by atoms with Gasteiger partial charge in [-0.1, -0.05) is 39.0 Å². The monoisotopic (exact) mass is 398 g/mol. The summed E-state index contributed by atoms with van der Waals surface area (Å²) in [5.74, 6) is 0. The summed E-state index contributed by atoms with van der Waals surface area (Å²) in [6.07, 6.45) is 0. The second-order valence-electron chi connectivity index (χ2n) is 3.52. The van der Waals surface area contributed by atoms with Gasteiger partial charge in [0.1, 0.15) is 0 Å². The van der Waals surface area contributed by atoms with Crippen LogP contribution < -0.4 is 0 Å². The first-order chi connectivity index (χ1) is 4.94. The van der Waals surface area contributed by atoms with Crippen LogP contribution in [0.2, 0.25) is 25.2 Å². The predicted octanol–water partition coefficient (Wildman–Crippen LogP) is 5.31. The molecule has 0 saturated heterocycles. The summed E-state index contributed by atoms with van der Waals surface area (Å²) in [4.78, 5) is 0. The van der Waals surface area contributed by atoms with Crippen molar-refractivity contribution < 1.29 is 0 Å². The fourth-order valence-corrected chi connectivity index (χ4v) is 0. The summed E-state index contributed by atoms with van der Waals surface area (Å²) in [5.41, 5.74) is 0.937. The van der Waals surface area contributed by atoms with Crippen molar-refractivity contribution in [1.82, 2.24) is 0 Å². The topological polar surface area (TPSA) is 0 Å². The molecule has 0 nitrogen and oxygen atoms in total. The Balaban J connectivity index is -0.000000138. The van der Waals surface area contributed by atoms with Crippen LogP contribution in [0.3, 0.4) is 0 Å². The van der Waals surface area contributed by atoms with Gasteiger partial charge in [0.15, 0.2) is 0 Å². The smallest absolute Gasteiger partial charge is 0.0468 e. The number of hydrogen-bond acceptors (Lipinski definition) is 0. The zero-order chi connectivity index (χ0) is 10.1. The van der Waals surface area contributed by atoms with E-state index in [1.165, 1.54) is 0 Å². The lowest BCUT2D eigenvalue weighted by atomic mass is 10.6. The fourth-order valence-electron chi connectivity index (χ4n) is 0. The molecule has 70 valence electrons. The second-order valence-corrected chi connectivity index (χ2v) is 9.41. The minimum atomic E-state index is -0.735. The maximum atomic E-state index is 3.00. The molecule has 0 aliphatic carbocycles. The van der Waals surface area contributed by atoms with Crippen molar-refractivity contribution in [2.24, 2.45) is 0 Å². The number of halogens is 2. The van der Waals surface area contributed by atoms with Gasteiger partial charge in [-0.3, -0.25) is 0 Å². The standard InChI is InChI=1S/C6H16Si.C2H4.I2/c1-6(2)7(3,4)5;2*1-2/h6H,1-5H3;1-2H2;. The highest BCUT2D eigenvalue weighted by molar-refractivity contribution is 15.0. The zero-order valence-electron chi connectivity index (χ0n) is 8.25. The molecule has 0 amide bonds. The van der Waals surface area contributed by atoms with Crippen LogP contribution in [0, 0.1) is 0 Å². The first-order valence-corrected chi connectivity index (χ1v) is 13.4. The Morgan fingerprint density at radius 2 is 1.09 bits per heavy atom. The first kappa shape index (κ1) is 18.3. The summed E-state index contributed by atoms with van der Waals surface area (Å²) < 4.78 is 0. The van der Waals surface area contributed by atoms with Gasteiger partial charge in [-0.25, -0.2) is 0 Å². The third-order valence-corrected chi connectivity index (χ3v) is 5.20. The average Bonchev–Trinajstić information content (AvgIpc) is 1.95. The minimum absolute atomic E-state index is 0.735. The molecule has 0 heterocycles. The van der Waals surface area contributed by atoms with Crippen LogP contribution in [0.5, 0.6) is 0 Å². The highest BCUT2D eigenvalue weighted by atomic mass is 128. The highest BCUT2D eigenvalue weighted by Gasteiger charge is 2.16. The van der Waals surface area contributed by atoms with Crippen LogP contribution in [0.4, 0.5) is 0 Å². The molecular weight excluding hydrogens is 378 g/mol. The molecule has 0 bridgehead atoms. The molecule has 0 rings (SSSR count). The van der Waals surface area contributed by atoms with Crippen molar-refractivity contribution in [2.75, 3.05) is 0 Å². The molecule has 0 radical (unpaired) electrons. The molecule has 0 N–H and O–H groups in total. The van der Waals surface area contributed by atoms with Crippen molar-refractivity contribution in [2.45, 2.75) is 39.0 Å². The van der Waals surface area contributed by atoms with Crippen LogP contribution in [-0.4, -0.2) is 8.07 Å². The van der Waals surface area contributed by atoms with Gasteiger partial charge in [0.25, 0.3) is 0 Å². The van der Waals surface area contributed by atoms with Crippen molar-refractivity contribution in [3.63, 3.8) is 0 Å². The van der Waals surface area contributed by atoms with Crippen LogP contribution >= 0.6 is 37.2 Å². The second kappa shape index (κ2) is 11.4. The lowest BCUT2D eigenvalue weighted by Crippen LogP contribution is -2.23. The van der Waals surface area contributed by atoms with Crippen molar-refractivity contribution in [3.05, 3.63) is 13.2 Å². The molecular formula is C8H20I2Si. The van der Waals surface area contributed by atoms with Gasteiger partial charge in [-0.2, -0.15) is 0 Å². The quantitative estimate of drug-likeness (QED) is 0.319. The van der Waals surface area contributed by atoms with Gasteiger partial charge >= 0.3 is 0 Å². The van der Waals surface area contributed by atoms with E-state index in [0.717, 1.165) is 5.54 Å². The molecule has 0 aromatic heterocycles. The van der Waals surface area contributed by atoms with E-state index in [2.05, 4.69) is 83.9 Å². The molecule has 0 aliphatic heterocycles. The lowest BCUT2D eigenvalue weighted by molar-refractivity contribution is 1.01. The molecule has 0 aliphatic rings. The average molecular weight is 398 g/mol. The maximum Gasteiger partial charge on any atom is 0.0468 e. The normalized spacial score (nSPS) is 9.09. The van der Waals surface area contributed by atoms with Gasteiger partial charge in [-0.15, -0.1) is 13.2 Å². The van der Waals surface area contributed by atoms with E-state index in [9.17, 15) is 0 Å². The van der Waals surface area contributed by atoms with E-state index in [1.54, 1.807) is 0 Å². The molecule has 0 unspecified atom stereocenters. The van der Waals surface area contributed by atoms with Crippen molar-refractivity contribution in [3.8, 4) is 0 Å². The summed E-state index contributed by atoms with van der Waals surface area (Å²) in [5, 5.41) is 0. The molecule has 0 aromatic carbocycles. The molecule has 0 spiro atoms. The minimum Gasteiger partial charge on any atom is -0.106 e. The van der Waals surface area contributed by atoms with E-state index >= 15 is 0 Å². The summed E-state index contributed by atoms with van der Waals surface area (Å²) in [6, 6.07) is 0. The largest absolute Gasteiger partial charge is 0.106 e. The Labute approximate surface area is 96.6 Å². The van der Waals surface area contributed by atoms with E-state index in [-0.39, 0.29) is 0 Å². The molecule has 0 aromatic rings. The molecule has 11 heavy (non-hydrogen) atoms. The summed E-state index contributed by atoms with van der Waals surface area (Å²) >= 11 is 4.24. The van der Waals surface area contributed by atoms with Crippen LogP contribution in [-0.2, 0) is 0 Å². The van der Waals surface area contributed by atoms with Gasteiger partial charge < -0.3 is 0 Å². The Hall–Kier alpha value is 1.42. The lowest BCUT2D eigenvalue weighted by Gasteiger charge is -2.19. The Morgan fingerprint density at radius 1 is 1.00 bits per heavy atom. The number of rotatable bonds is 1. The van der Waals surface area contributed by atoms with Gasteiger partial charge in [-0.05, 0) is 0 Å². The van der Waals surface area contributed by atoms with E-state index in [0.29, 0.717) is 0 Å². The van der Waals surface area contributed by atoms with Crippen LogP contribution in [0.25, 0.3) is 0 Å². The number of hydrogen-bond donors (Lipinski definition) is 0. The van der Waals surface area contributed by atoms with E-state index < -0.39 is 8.07 Å². The first-order valence-electron chi connectivity index (χ1n) is 3.59. The SMILES string of the molecule is C=C.CC(C)[Si](C)(C)C.II. The third kappa shape index (κ3) is 18.4. The Bertz CT molecular complexity index is 67.0. The highest BCUT2D eigenvalue weighted by Crippen LogP contribution is 2.18. The van der Waals surface area contributed by atoms with Gasteiger partial charge in [0.05, 0.1) is 0 Å². The van der Waals surface area contributed by atoms with Gasteiger partial charge in [0, 0.05) is 45.3 Å². The Morgan fingerprint density at radius 3 is 1.09 bits per heavy atom. The van der Waals surface area contributed by atoms with Gasteiger partial charge in [0.2, 0.25) is 0 Å². The predicted molar refractivity (Wildman–Crippen MR) is 77.7 cm³/mol. The summed E-state index contributed by atoms with van der Waals surface area (Å²) in [6.45, 7) is 17.8. The van der Waals surface area contributed by atoms with E-state index in [1.807, 2.05) is 0 Å². The van der Waals surface area contributed by atoms with Crippen molar-refractivity contribution >= 4 is 45.3 Å². The van der Waals surface area contributed by atoms with Crippen molar-refractivity contribution in [1.29, 1.82) is 0 Å². The zero-order valence-corrected chi connectivity index (χ0v) is 13.6. The third-order valence-electron chi connectivity index (χ3n) is 1.73. The Kier molecular flexibility index (Phi) is 18.9. The summed E-state index contributed by atoms with van der Waals surface area (Å²) in [7, 11) is -0.735. The molecule has 0 atom stereocenters. The molecule has 3 heteroatoms. The molecule has 0 saturated carbocycles.